The van der Waals surface area contributed by atoms with Gasteiger partial charge in [-0.15, -0.1) is 0 Å². The first-order chi connectivity index (χ1) is 18.3. The second-order valence-electron chi connectivity index (χ2n) is 10.9. The molecule has 6 heteroatoms. The predicted octanol–water partition coefficient (Wildman–Crippen LogP) is 6.55. The highest BCUT2D eigenvalue weighted by Gasteiger charge is 2.27. The fourth-order valence-corrected chi connectivity index (χ4v) is 4.92. The smallest absolute Gasteiger partial charge is 0.306 e. The van der Waals surface area contributed by atoms with E-state index in [0.717, 1.165) is 40.9 Å². The zero-order valence-corrected chi connectivity index (χ0v) is 22.2. The van der Waals surface area contributed by atoms with Crippen LogP contribution in [0.1, 0.15) is 50.4 Å². The van der Waals surface area contributed by atoms with Crippen LogP contribution in [0.15, 0.2) is 78.9 Å². The number of ether oxygens (including phenoxy) is 1. The Morgan fingerprint density at radius 1 is 0.816 bits per heavy atom. The molecule has 0 bridgehead atoms. The highest BCUT2D eigenvalue weighted by Crippen LogP contribution is 2.31. The van der Waals surface area contributed by atoms with Crippen molar-refractivity contribution >= 4 is 22.9 Å². The van der Waals surface area contributed by atoms with Gasteiger partial charge in [0.25, 0.3) is 5.91 Å². The molecule has 1 fully saturated rings. The van der Waals surface area contributed by atoms with E-state index in [1.54, 1.807) is 0 Å². The molecule has 2 heterocycles. The molecule has 1 aliphatic heterocycles. The van der Waals surface area contributed by atoms with Crippen molar-refractivity contribution in [1.29, 1.82) is 0 Å². The summed E-state index contributed by atoms with van der Waals surface area (Å²) in [6.45, 7) is 6.89. The Morgan fingerprint density at radius 2 is 1.37 bits per heavy atom. The van der Waals surface area contributed by atoms with Crippen molar-refractivity contribution in [3.8, 4) is 22.5 Å². The van der Waals surface area contributed by atoms with E-state index < -0.39 is 5.60 Å². The SMILES string of the molecule is CC(C)(C)OC(=O)CC1CCN(C(=O)c2ccc3nc(-c4ccccc4)c(-c4ccccc4)nc3c2)CC1. The number of nitrogens with zero attached hydrogens (tertiary/aromatic N) is 3. The molecule has 0 aliphatic carbocycles. The minimum absolute atomic E-state index is 0.0159. The highest BCUT2D eigenvalue weighted by atomic mass is 16.6. The molecule has 0 unspecified atom stereocenters. The lowest BCUT2D eigenvalue weighted by molar-refractivity contribution is -0.156. The van der Waals surface area contributed by atoms with Gasteiger partial charge in [0.2, 0.25) is 0 Å². The molecule has 194 valence electrons. The number of rotatable bonds is 5. The van der Waals surface area contributed by atoms with Crippen LogP contribution < -0.4 is 0 Å². The van der Waals surface area contributed by atoms with Crippen LogP contribution in [0, 0.1) is 5.92 Å². The van der Waals surface area contributed by atoms with E-state index in [-0.39, 0.29) is 17.8 Å². The van der Waals surface area contributed by atoms with Gasteiger partial charge in [0.1, 0.15) is 5.60 Å². The summed E-state index contributed by atoms with van der Waals surface area (Å²) in [5.41, 5.74) is 5.14. The number of fused-ring (bicyclic) bond motifs is 1. The molecule has 0 saturated carbocycles. The van der Waals surface area contributed by atoms with Crippen LogP contribution >= 0.6 is 0 Å². The molecule has 0 atom stereocenters. The van der Waals surface area contributed by atoms with E-state index in [0.29, 0.717) is 30.6 Å². The number of esters is 1. The number of aromatic nitrogens is 2. The summed E-state index contributed by atoms with van der Waals surface area (Å²) in [5, 5.41) is 0. The molecule has 1 aromatic heterocycles. The molecule has 0 spiro atoms. The van der Waals surface area contributed by atoms with Gasteiger partial charge in [-0.2, -0.15) is 0 Å². The molecule has 3 aromatic carbocycles. The van der Waals surface area contributed by atoms with Crippen LogP contribution in [0.4, 0.5) is 0 Å². The molecular formula is C32H33N3O3. The van der Waals surface area contributed by atoms with E-state index in [1.165, 1.54) is 0 Å². The second kappa shape index (κ2) is 10.7. The Hall–Kier alpha value is -4.06. The van der Waals surface area contributed by atoms with Crippen LogP contribution in [0.25, 0.3) is 33.5 Å². The third kappa shape index (κ3) is 5.91. The van der Waals surface area contributed by atoms with Gasteiger partial charge in [0.05, 0.1) is 22.4 Å². The number of hydrogen-bond donors (Lipinski definition) is 0. The molecule has 6 nitrogen and oxygen atoms in total. The van der Waals surface area contributed by atoms with Gasteiger partial charge in [-0.25, -0.2) is 9.97 Å². The molecule has 4 aromatic rings. The van der Waals surface area contributed by atoms with Crippen molar-refractivity contribution in [3.63, 3.8) is 0 Å². The summed E-state index contributed by atoms with van der Waals surface area (Å²) in [6.07, 6.45) is 1.98. The number of likely N-dealkylation sites (tertiary alicyclic amines) is 1. The molecular weight excluding hydrogens is 474 g/mol. The minimum atomic E-state index is -0.477. The van der Waals surface area contributed by atoms with Gasteiger partial charge in [-0.05, 0) is 57.7 Å². The zero-order chi connectivity index (χ0) is 26.7. The molecule has 1 aliphatic rings. The van der Waals surface area contributed by atoms with Gasteiger partial charge in [-0.1, -0.05) is 60.7 Å². The lowest BCUT2D eigenvalue weighted by Crippen LogP contribution is -2.39. The van der Waals surface area contributed by atoms with Crippen molar-refractivity contribution in [1.82, 2.24) is 14.9 Å². The van der Waals surface area contributed by atoms with Crippen LogP contribution in [0.5, 0.6) is 0 Å². The minimum Gasteiger partial charge on any atom is -0.460 e. The Balaban J connectivity index is 1.37. The molecule has 1 saturated heterocycles. The van der Waals surface area contributed by atoms with Gasteiger partial charge in [0, 0.05) is 36.2 Å². The fraction of sp³-hybridized carbons (Fsp3) is 0.312. The number of hydrogen-bond acceptors (Lipinski definition) is 5. The predicted molar refractivity (Wildman–Crippen MR) is 149 cm³/mol. The first-order valence-electron chi connectivity index (χ1n) is 13.2. The number of amides is 1. The van der Waals surface area contributed by atoms with Crippen LogP contribution in [0.3, 0.4) is 0 Å². The Labute approximate surface area is 223 Å². The van der Waals surface area contributed by atoms with Crippen LogP contribution in [0.2, 0.25) is 0 Å². The van der Waals surface area contributed by atoms with Crippen molar-refractivity contribution in [3.05, 3.63) is 84.4 Å². The highest BCUT2D eigenvalue weighted by molar-refractivity contribution is 5.98. The Kier molecular flexibility index (Phi) is 7.23. The molecule has 0 N–H and O–H groups in total. The van der Waals surface area contributed by atoms with Gasteiger partial charge < -0.3 is 9.64 Å². The molecule has 5 rings (SSSR count). The van der Waals surface area contributed by atoms with Crippen LogP contribution in [-0.4, -0.2) is 45.4 Å². The maximum atomic E-state index is 13.4. The average Bonchev–Trinajstić information content (AvgIpc) is 2.92. The number of carbonyl (C=O) groups excluding carboxylic acids is 2. The molecule has 1 amide bonds. The quantitative estimate of drug-likeness (QED) is 0.287. The Morgan fingerprint density at radius 3 is 1.92 bits per heavy atom. The topological polar surface area (TPSA) is 72.4 Å². The fourth-order valence-electron chi connectivity index (χ4n) is 4.92. The molecule has 38 heavy (non-hydrogen) atoms. The van der Waals surface area contributed by atoms with Crippen molar-refractivity contribution in [2.75, 3.05) is 13.1 Å². The van der Waals surface area contributed by atoms with Gasteiger partial charge >= 0.3 is 5.97 Å². The zero-order valence-electron chi connectivity index (χ0n) is 22.2. The van der Waals surface area contributed by atoms with Crippen molar-refractivity contribution in [2.45, 2.75) is 45.6 Å². The summed E-state index contributed by atoms with van der Waals surface area (Å²) in [4.78, 5) is 37.4. The number of piperidine rings is 1. The lowest BCUT2D eigenvalue weighted by Gasteiger charge is -2.32. The van der Waals surface area contributed by atoms with E-state index in [4.69, 9.17) is 14.7 Å². The summed E-state index contributed by atoms with van der Waals surface area (Å²) in [7, 11) is 0. The maximum absolute atomic E-state index is 13.4. The van der Waals surface area contributed by atoms with Crippen LogP contribution in [-0.2, 0) is 9.53 Å². The largest absolute Gasteiger partial charge is 0.460 e. The van der Waals surface area contributed by atoms with E-state index in [9.17, 15) is 9.59 Å². The first kappa shape index (κ1) is 25.6. The third-order valence-electron chi connectivity index (χ3n) is 6.78. The lowest BCUT2D eigenvalue weighted by atomic mass is 9.93. The van der Waals surface area contributed by atoms with Gasteiger partial charge in [-0.3, -0.25) is 9.59 Å². The van der Waals surface area contributed by atoms with Crippen molar-refractivity contribution < 1.29 is 14.3 Å². The second-order valence-corrected chi connectivity index (χ2v) is 10.9. The summed E-state index contributed by atoms with van der Waals surface area (Å²) < 4.78 is 5.47. The maximum Gasteiger partial charge on any atom is 0.306 e. The standard InChI is InChI=1S/C32H33N3O3/c1-32(2,3)38-28(36)20-22-16-18-35(19-17-22)31(37)25-14-15-26-27(21-25)34-30(24-12-8-5-9-13-24)29(33-26)23-10-6-4-7-11-23/h4-15,21-22H,16-20H2,1-3H3. The third-order valence-corrected chi connectivity index (χ3v) is 6.78. The van der Waals surface area contributed by atoms with E-state index in [2.05, 4.69) is 0 Å². The van der Waals surface area contributed by atoms with E-state index in [1.807, 2.05) is 105 Å². The summed E-state index contributed by atoms with van der Waals surface area (Å²) in [5.74, 6) is 0.0542. The average molecular weight is 508 g/mol. The van der Waals surface area contributed by atoms with Gasteiger partial charge in [0.15, 0.2) is 0 Å². The molecule has 0 radical (unpaired) electrons. The monoisotopic (exact) mass is 507 g/mol. The summed E-state index contributed by atoms with van der Waals surface area (Å²) in [6, 6.07) is 25.6. The summed E-state index contributed by atoms with van der Waals surface area (Å²) >= 11 is 0. The van der Waals surface area contributed by atoms with Crippen molar-refractivity contribution in [2.24, 2.45) is 5.92 Å². The normalized spacial score (nSPS) is 14.4. The first-order valence-corrected chi connectivity index (χ1v) is 13.2. The van der Waals surface area contributed by atoms with E-state index >= 15 is 0 Å². The number of benzene rings is 3. The Bertz CT molecular complexity index is 1440. The number of carbonyl (C=O) groups is 2.